The third-order valence-corrected chi connectivity index (χ3v) is 3.52. The fraction of sp³-hybridized carbons (Fsp3) is 0.500. The number of allylic oxidation sites excluding steroid dienone is 1. The number of nitrogens with zero attached hydrogens (tertiary/aromatic N) is 1. The van der Waals surface area contributed by atoms with Gasteiger partial charge in [-0.05, 0) is 30.5 Å². The summed E-state index contributed by atoms with van der Waals surface area (Å²) in [6, 6.07) is 4.15. The van der Waals surface area contributed by atoms with Gasteiger partial charge in [-0.1, -0.05) is 11.6 Å². The molecule has 1 aliphatic heterocycles. The molecule has 1 aromatic rings. The molecule has 0 amide bonds. The molecular formula is C14H17NO2. The van der Waals surface area contributed by atoms with Crippen molar-refractivity contribution in [1.29, 1.82) is 0 Å². The van der Waals surface area contributed by atoms with Gasteiger partial charge in [0.25, 0.3) is 0 Å². The summed E-state index contributed by atoms with van der Waals surface area (Å²) >= 11 is 0. The number of rotatable bonds is 2. The van der Waals surface area contributed by atoms with E-state index >= 15 is 0 Å². The number of ether oxygens (including phenoxy) is 2. The first-order valence-corrected chi connectivity index (χ1v) is 6.21. The second-order valence-electron chi connectivity index (χ2n) is 4.71. The van der Waals surface area contributed by atoms with Crippen molar-refractivity contribution >= 4 is 0 Å². The third-order valence-electron chi connectivity index (χ3n) is 3.52. The molecule has 1 saturated heterocycles. The molecule has 0 bridgehead atoms. The Labute approximate surface area is 101 Å². The van der Waals surface area contributed by atoms with Gasteiger partial charge in [0.05, 0.1) is 13.2 Å². The highest BCUT2D eigenvalue weighted by molar-refractivity contribution is 5.21. The predicted octanol–water partition coefficient (Wildman–Crippen LogP) is 2.48. The van der Waals surface area contributed by atoms with E-state index in [1.165, 1.54) is 11.1 Å². The Morgan fingerprint density at radius 2 is 1.94 bits per heavy atom. The normalized spacial score (nSPS) is 22.7. The molecule has 3 nitrogen and oxygen atoms in total. The maximum Gasteiger partial charge on any atom is 0.172 e. The largest absolute Gasteiger partial charge is 0.347 e. The van der Waals surface area contributed by atoms with E-state index in [0.29, 0.717) is 0 Å². The van der Waals surface area contributed by atoms with Crippen LogP contribution in [0.5, 0.6) is 0 Å². The van der Waals surface area contributed by atoms with Crippen molar-refractivity contribution in [2.75, 3.05) is 13.2 Å². The molecular weight excluding hydrogens is 214 g/mol. The monoisotopic (exact) mass is 231 g/mol. The summed E-state index contributed by atoms with van der Waals surface area (Å²) < 4.78 is 11.4. The number of hydrogen-bond donors (Lipinski definition) is 0. The Morgan fingerprint density at radius 1 is 1.18 bits per heavy atom. The van der Waals surface area contributed by atoms with Crippen molar-refractivity contribution in [3.63, 3.8) is 0 Å². The molecule has 0 unspecified atom stereocenters. The average molecular weight is 231 g/mol. The Balaban J connectivity index is 1.65. The lowest BCUT2D eigenvalue weighted by atomic mass is 9.90. The van der Waals surface area contributed by atoms with E-state index in [2.05, 4.69) is 23.2 Å². The van der Waals surface area contributed by atoms with Crippen LogP contribution < -0.4 is 0 Å². The van der Waals surface area contributed by atoms with Crippen molar-refractivity contribution in [2.24, 2.45) is 0 Å². The van der Waals surface area contributed by atoms with Crippen molar-refractivity contribution < 1.29 is 9.47 Å². The molecule has 1 spiro atoms. The first-order chi connectivity index (χ1) is 8.36. The lowest BCUT2D eigenvalue weighted by Crippen LogP contribution is -2.31. The van der Waals surface area contributed by atoms with Gasteiger partial charge in [-0.3, -0.25) is 4.98 Å². The molecule has 3 rings (SSSR count). The topological polar surface area (TPSA) is 31.4 Å². The second kappa shape index (κ2) is 4.59. The van der Waals surface area contributed by atoms with Gasteiger partial charge in [0, 0.05) is 25.2 Å². The molecule has 1 fully saturated rings. The minimum Gasteiger partial charge on any atom is -0.347 e. The molecule has 0 N–H and O–H groups in total. The maximum absolute atomic E-state index is 5.70. The van der Waals surface area contributed by atoms with Crippen molar-refractivity contribution in [2.45, 2.75) is 31.5 Å². The summed E-state index contributed by atoms with van der Waals surface area (Å²) in [6.45, 7) is 1.49. The summed E-state index contributed by atoms with van der Waals surface area (Å²) in [5.74, 6) is -0.290. The quantitative estimate of drug-likeness (QED) is 0.733. The standard InChI is InChI=1S/C14H17NO2/c1-5-14(16-9-10-17-14)6-2-12(1)11-13-3-7-15-8-4-13/h1,3-4,7-8H,2,5-6,9-11H2. The molecule has 0 atom stereocenters. The van der Waals surface area contributed by atoms with Crippen LogP contribution >= 0.6 is 0 Å². The molecule has 2 aliphatic rings. The first-order valence-electron chi connectivity index (χ1n) is 6.21. The number of aromatic nitrogens is 1. The van der Waals surface area contributed by atoms with Gasteiger partial charge in [0.1, 0.15) is 0 Å². The molecule has 1 aliphatic carbocycles. The predicted molar refractivity (Wildman–Crippen MR) is 64.5 cm³/mol. The summed E-state index contributed by atoms with van der Waals surface area (Å²) in [5, 5.41) is 0. The highest BCUT2D eigenvalue weighted by atomic mass is 16.7. The van der Waals surface area contributed by atoms with Gasteiger partial charge in [0.2, 0.25) is 0 Å². The average Bonchev–Trinajstić information content (AvgIpc) is 2.83. The van der Waals surface area contributed by atoms with Crippen LogP contribution in [-0.4, -0.2) is 24.0 Å². The molecule has 17 heavy (non-hydrogen) atoms. The molecule has 3 heteroatoms. The third kappa shape index (κ3) is 2.40. The lowest BCUT2D eigenvalue weighted by Gasteiger charge is -2.30. The fourth-order valence-corrected chi connectivity index (χ4v) is 2.54. The first kappa shape index (κ1) is 10.9. The van der Waals surface area contributed by atoms with Crippen LogP contribution in [0.3, 0.4) is 0 Å². The zero-order chi connectivity index (χ0) is 11.6. The van der Waals surface area contributed by atoms with E-state index in [9.17, 15) is 0 Å². The van der Waals surface area contributed by atoms with Gasteiger partial charge < -0.3 is 9.47 Å². The summed E-state index contributed by atoms with van der Waals surface area (Å²) in [6.07, 6.45) is 9.97. The van der Waals surface area contributed by atoms with E-state index < -0.39 is 0 Å². The van der Waals surface area contributed by atoms with E-state index in [-0.39, 0.29) is 5.79 Å². The maximum atomic E-state index is 5.70. The zero-order valence-corrected chi connectivity index (χ0v) is 9.89. The summed E-state index contributed by atoms with van der Waals surface area (Å²) in [5.41, 5.74) is 2.82. The van der Waals surface area contributed by atoms with Crippen LogP contribution in [0.15, 0.2) is 36.2 Å². The van der Waals surface area contributed by atoms with Crippen molar-refractivity contribution in [1.82, 2.24) is 4.98 Å². The molecule has 2 heterocycles. The van der Waals surface area contributed by atoms with Gasteiger partial charge >= 0.3 is 0 Å². The summed E-state index contributed by atoms with van der Waals surface area (Å²) in [4.78, 5) is 4.04. The molecule has 1 aromatic heterocycles. The molecule has 0 radical (unpaired) electrons. The van der Waals surface area contributed by atoms with Crippen LogP contribution in [0.2, 0.25) is 0 Å². The fourth-order valence-electron chi connectivity index (χ4n) is 2.54. The summed E-state index contributed by atoms with van der Waals surface area (Å²) in [7, 11) is 0. The minimum atomic E-state index is -0.290. The van der Waals surface area contributed by atoms with Crippen LogP contribution in [0.1, 0.15) is 24.8 Å². The van der Waals surface area contributed by atoms with E-state index in [4.69, 9.17) is 9.47 Å². The van der Waals surface area contributed by atoms with Crippen molar-refractivity contribution in [3.8, 4) is 0 Å². The highest BCUT2D eigenvalue weighted by Gasteiger charge is 2.37. The lowest BCUT2D eigenvalue weighted by molar-refractivity contribution is -0.161. The SMILES string of the molecule is C1=C(Cc2ccncc2)CCC2(C1)OCCO2. The van der Waals surface area contributed by atoms with Crippen LogP contribution in [-0.2, 0) is 15.9 Å². The van der Waals surface area contributed by atoms with Gasteiger partial charge in [-0.2, -0.15) is 0 Å². The smallest absolute Gasteiger partial charge is 0.172 e. The highest BCUT2D eigenvalue weighted by Crippen LogP contribution is 2.35. The second-order valence-corrected chi connectivity index (χ2v) is 4.71. The number of hydrogen-bond acceptors (Lipinski definition) is 3. The number of pyridine rings is 1. The molecule has 0 saturated carbocycles. The van der Waals surface area contributed by atoms with Crippen LogP contribution in [0.25, 0.3) is 0 Å². The Bertz CT molecular complexity index is 407. The van der Waals surface area contributed by atoms with E-state index in [1.807, 2.05) is 12.4 Å². The van der Waals surface area contributed by atoms with Gasteiger partial charge in [0.15, 0.2) is 5.79 Å². The zero-order valence-electron chi connectivity index (χ0n) is 9.89. The Morgan fingerprint density at radius 3 is 2.59 bits per heavy atom. The molecule has 90 valence electrons. The van der Waals surface area contributed by atoms with Crippen LogP contribution in [0, 0.1) is 0 Å². The Hall–Kier alpha value is -1.19. The van der Waals surface area contributed by atoms with E-state index in [0.717, 1.165) is 38.9 Å². The van der Waals surface area contributed by atoms with Gasteiger partial charge in [-0.25, -0.2) is 0 Å². The van der Waals surface area contributed by atoms with Gasteiger partial charge in [-0.15, -0.1) is 0 Å². The van der Waals surface area contributed by atoms with E-state index in [1.54, 1.807) is 0 Å². The minimum absolute atomic E-state index is 0.290. The Kier molecular flexibility index (Phi) is 2.95. The van der Waals surface area contributed by atoms with Crippen LogP contribution in [0.4, 0.5) is 0 Å². The molecule has 0 aromatic carbocycles. The van der Waals surface area contributed by atoms with Crippen molar-refractivity contribution in [3.05, 3.63) is 41.7 Å².